The molecule has 126 valence electrons. The van der Waals surface area contributed by atoms with Gasteiger partial charge in [-0.1, -0.05) is 29.8 Å². The number of amides is 1. The average molecular weight is 326 g/mol. The van der Waals surface area contributed by atoms with E-state index < -0.39 is 0 Å². The lowest BCUT2D eigenvalue weighted by molar-refractivity contribution is 0.0949. The summed E-state index contributed by atoms with van der Waals surface area (Å²) in [6.07, 6.45) is 1.61. The van der Waals surface area contributed by atoms with E-state index in [1.807, 2.05) is 38.1 Å². The lowest BCUT2D eigenvalue weighted by atomic mass is 10.1. The minimum absolute atomic E-state index is 0.151. The van der Waals surface area contributed by atoms with E-state index in [9.17, 15) is 4.79 Å². The van der Waals surface area contributed by atoms with E-state index in [1.165, 1.54) is 5.56 Å². The number of carbonyl (C=O) groups is 1. The highest BCUT2D eigenvalue weighted by atomic mass is 16.5. The Kier molecular flexibility index (Phi) is 5.05. The van der Waals surface area contributed by atoms with Gasteiger partial charge < -0.3 is 15.0 Å². The fraction of sp³-hybridized carbons (Fsp3) is 0.389. The van der Waals surface area contributed by atoms with Crippen molar-refractivity contribution in [2.45, 2.75) is 20.4 Å². The summed E-state index contributed by atoms with van der Waals surface area (Å²) in [5.74, 6) is 0.507. The highest BCUT2D eigenvalue weighted by Crippen LogP contribution is 2.13. The zero-order valence-electron chi connectivity index (χ0n) is 14.1. The molecule has 1 aliphatic rings. The minimum atomic E-state index is -0.151. The van der Waals surface area contributed by atoms with E-state index in [4.69, 9.17) is 4.74 Å². The summed E-state index contributed by atoms with van der Waals surface area (Å²) >= 11 is 0. The number of rotatable bonds is 4. The summed E-state index contributed by atoms with van der Waals surface area (Å²) in [5, 5.41) is 2.92. The Morgan fingerprint density at radius 1 is 1.21 bits per heavy atom. The summed E-state index contributed by atoms with van der Waals surface area (Å²) < 4.78 is 5.33. The molecule has 3 rings (SSSR count). The summed E-state index contributed by atoms with van der Waals surface area (Å²) in [6.45, 7) is 7.29. The standard InChI is InChI=1S/C18H22N4O2/c1-13-3-5-15(6-4-13)11-19-17(23)16-12-20-18(21-14(16)2)22-7-9-24-10-8-22/h3-6,12H,7-11H2,1-2H3,(H,19,23). The van der Waals surface area contributed by atoms with Gasteiger partial charge in [0, 0.05) is 25.8 Å². The maximum absolute atomic E-state index is 12.4. The number of nitrogens with one attached hydrogen (secondary N) is 1. The maximum atomic E-state index is 12.4. The Labute approximate surface area is 141 Å². The van der Waals surface area contributed by atoms with E-state index in [0.717, 1.165) is 18.7 Å². The van der Waals surface area contributed by atoms with Gasteiger partial charge in [0.1, 0.15) is 0 Å². The first-order valence-corrected chi connectivity index (χ1v) is 8.13. The minimum Gasteiger partial charge on any atom is -0.378 e. The molecule has 1 aliphatic heterocycles. The number of aromatic nitrogens is 2. The monoisotopic (exact) mass is 326 g/mol. The van der Waals surface area contributed by atoms with Crippen molar-refractivity contribution < 1.29 is 9.53 Å². The molecule has 2 aromatic rings. The van der Waals surface area contributed by atoms with Crippen LogP contribution in [0.1, 0.15) is 27.2 Å². The van der Waals surface area contributed by atoms with Crippen molar-refractivity contribution >= 4 is 11.9 Å². The summed E-state index contributed by atoms with van der Waals surface area (Å²) in [4.78, 5) is 23.3. The predicted octanol–water partition coefficient (Wildman–Crippen LogP) is 1.86. The molecule has 0 spiro atoms. The molecule has 6 nitrogen and oxygen atoms in total. The van der Waals surface area contributed by atoms with Gasteiger partial charge in [-0.15, -0.1) is 0 Å². The van der Waals surface area contributed by atoms with E-state index in [2.05, 4.69) is 20.2 Å². The van der Waals surface area contributed by atoms with Crippen LogP contribution in [0.4, 0.5) is 5.95 Å². The topological polar surface area (TPSA) is 67.4 Å². The van der Waals surface area contributed by atoms with Crippen LogP contribution in [0.3, 0.4) is 0 Å². The molecule has 0 aliphatic carbocycles. The number of benzene rings is 1. The van der Waals surface area contributed by atoms with Crippen LogP contribution in [0.5, 0.6) is 0 Å². The average Bonchev–Trinajstić information content (AvgIpc) is 2.61. The molecule has 0 radical (unpaired) electrons. The number of nitrogens with zero attached hydrogens (tertiary/aromatic N) is 3. The molecule has 24 heavy (non-hydrogen) atoms. The van der Waals surface area contributed by atoms with Gasteiger partial charge in [-0.05, 0) is 19.4 Å². The Morgan fingerprint density at radius 3 is 2.58 bits per heavy atom. The van der Waals surface area contributed by atoms with Crippen LogP contribution in [-0.4, -0.2) is 42.2 Å². The molecule has 1 aromatic heterocycles. The lowest BCUT2D eigenvalue weighted by Gasteiger charge is -2.27. The van der Waals surface area contributed by atoms with Gasteiger partial charge >= 0.3 is 0 Å². The van der Waals surface area contributed by atoms with Gasteiger partial charge in [0.2, 0.25) is 5.95 Å². The summed E-state index contributed by atoms with van der Waals surface area (Å²) in [5.41, 5.74) is 3.47. The van der Waals surface area contributed by atoms with Crippen molar-refractivity contribution in [1.82, 2.24) is 15.3 Å². The van der Waals surface area contributed by atoms with E-state index >= 15 is 0 Å². The number of carbonyl (C=O) groups excluding carboxylic acids is 1. The zero-order chi connectivity index (χ0) is 16.9. The Morgan fingerprint density at radius 2 is 1.92 bits per heavy atom. The Hall–Kier alpha value is -2.47. The molecule has 0 atom stereocenters. The fourth-order valence-corrected chi connectivity index (χ4v) is 2.58. The zero-order valence-corrected chi connectivity index (χ0v) is 14.1. The van der Waals surface area contributed by atoms with Crippen LogP contribution in [0, 0.1) is 13.8 Å². The number of anilines is 1. The van der Waals surface area contributed by atoms with Crippen molar-refractivity contribution in [3.8, 4) is 0 Å². The summed E-state index contributed by atoms with van der Waals surface area (Å²) in [6, 6.07) is 8.10. The van der Waals surface area contributed by atoms with Crippen molar-refractivity contribution in [2.24, 2.45) is 0 Å². The molecule has 0 bridgehead atoms. The molecular weight excluding hydrogens is 304 g/mol. The second-order valence-electron chi connectivity index (χ2n) is 5.94. The van der Waals surface area contributed by atoms with Crippen LogP contribution in [0.15, 0.2) is 30.5 Å². The van der Waals surface area contributed by atoms with Gasteiger partial charge in [-0.2, -0.15) is 0 Å². The predicted molar refractivity (Wildman–Crippen MR) is 92.2 cm³/mol. The Balaban J connectivity index is 1.65. The first kappa shape index (κ1) is 16.4. The number of hydrogen-bond acceptors (Lipinski definition) is 5. The molecule has 1 N–H and O–H groups in total. The molecule has 0 saturated carbocycles. The quantitative estimate of drug-likeness (QED) is 0.929. The first-order chi connectivity index (χ1) is 11.6. The smallest absolute Gasteiger partial charge is 0.254 e. The molecule has 1 amide bonds. The second-order valence-corrected chi connectivity index (χ2v) is 5.94. The van der Waals surface area contributed by atoms with Gasteiger partial charge in [-0.3, -0.25) is 4.79 Å². The number of morpholine rings is 1. The fourth-order valence-electron chi connectivity index (χ4n) is 2.58. The number of aryl methyl sites for hydroxylation is 2. The third-order valence-corrected chi connectivity index (χ3v) is 4.08. The van der Waals surface area contributed by atoms with Crippen molar-refractivity contribution in [1.29, 1.82) is 0 Å². The molecule has 1 fully saturated rings. The van der Waals surface area contributed by atoms with Crippen LogP contribution >= 0.6 is 0 Å². The first-order valence-electron chi connectivity index (χ1n) is 8.13. The second kappa shape index (κ2) is 7.40. The summed E-state index contributed by atoms with van der Waals surface area (Å²) in [7, 11) is 0. The van der Waals surface area contributed by atoms with Crippen molar-refractivity contribution in [3.05, 3.63) is 52.8 Å². The maximum Gasteiger partial charge on any atom is 0.254 e. The highest BCUT2D eigenvalue weighted by molar-refractivity contribution is 5.94. The number of ether oxygens (including phenoxy) is 1. The van der Waals surface area contributed by atoms with Gasteiger partial charge in [-0.25, -0.2) is 9.97 Å². The molecular formula is C18H22N4O2. The van der Waals surface area contributed by atoms with E-state index in [1.54, 1.807) is 6.20 Å². The number of hydrogen-bond donors (Lipinski definition) is 1. The Bertz CT molecular complexity index is 709. The van der Waals surface area contributed by atoms with Crippen LogP contribution in [0.25, 0.3) is 0 Å². The third kappa shape index (κ3) is 3.89. The van der Waals surface area contributed by atoms with Crippen LogP contribution < -0.4 is 10.2 Å². The van der Waals surface area contributed by atoms with Gasteiger partial charge in [0.25, 0.3) is 5.91 Å². The molecule has 0 unspecified atom stereocenters. The normalized spacial score (nSPS) is 14.5. The largest absolute Gasteiger partial charge is 0.378 e. The third-order valence-electron chi connectivity index (χ3n) is 4.08. The van der Waals surface area contributed by atoms with Crippen molar-refractivity contribution in [3.63, 3.8) is 0 Å². The molecule has 6 heteroatoms. The van der Waals surface area contributed by atoms with Crippen LogP contribution in [-0.2, 0) is 11.3 Å². The van der Waals surface area contributed by atoms with Crippen molar-refractivity contribution in [2.75, 3.05) is 31.2 Å². The highest BCUT2D eigenvalue weighted by Gasteiger charge is 2.17. The molecule has 1 aromatic carbocycles. The van der Waals surface area contributed by atoms with Gasteiger partial charge in [0.15, 0.2) is 0 Å². The van der Waals surface area contributed by atoms with E-state index in [0.29, 0.717) is 37.0 Å². The van der Waals surface area contributed by atoms with Crippen LogP contribution in [0.2, 0.25) is 0 Å². The SMILES string of the molecule is Cc1ccc(CNC(=O)c2cnc(N3CCOCC3)nc2C)cc1. The van der Waals surface area contributed by atoms with E-state index in [-0.39, 0.29) is 5.91 Å². The molecule has 1 saturated heterocycles. The lowest BCUT2D eigenvalue weighted by Crippen LogP contribution is -2.37. The molecule has 2 heterocycles. The van der Waals surface area contributed by atoms with Gasteiger partial charge in [0.05, 0.1) is 24.5 Å².